The summed E-state index contributed by atoms with van der Waals surface area (Å²) in [7, 11) is 0. The Morgan fingerprint density at radius 2 is 1.80 bits per heavy atom. The first-order valence-electron chi connectivity index (χ1n) is 8.33. The number of benzene rings is 2. The van der Waals surface area contributed by atoms with Crippen LogP contribution in [0.5, 0.6) is 5.75 Å². The summed E-state index contributed by atoms with van der Waals surface area (Å²) in [5.74, 6) is 0.516. The average molecular weight is 380 g/mol. The third-order valence-corrected chi connectivity index (χ3v) is 4.94. The summed E-state index contributed by atoms with van der Waals surface area (Å²) < 4.78 is 5.74. The molecule has 0 bridgehead atoms. The third kappa shape index (κ3) is 5.65. The molecule has 1 atom stereocenters. The molecule has 2 rings (SSSR count). The molecule has 1 unspecified atom stereocenters. The average Bonchev–Trinajstić information content (AvgIpc) is 2.57. The van der Waals surface area contributed by atoms with Crippen molar-refractivity contribution in [3.63, 3.8) is 0 Å². The van der Waals surface area contributed by atoms with Crippen molar-refractivity contribution in [1.82, 2.24) is 5.32 Å². The lowest BCUT2D eigenvalue weighted by atomic mass is 10.1. The summed E-state index contributed by atoms with van der Waals surface area (Å²) >= 11 is 12.3. The molecule has 0 aliphatic carbocycles. The van der Waals surface area contributed by atoms with Gasteiger partial charge in [-0.25, -0.2) is 0 Å². The zero-order valence-corrected chi connectivity index (χ0v) is 16.2. The van der Waals surface area contributed by atoms with Gasteiger partial charge in [0.15, 0.2) is 6.10 Å². The molecule has 0 aliphatic heterocycles. The van der Waals surface area contributed by atoms with Crippen LogP contribution in [0, 0.1) is 13.8 Å². The molecule has 1 amide bonds. The largest absolute Gasteiger partial charge is 0.481 e. The molecular formula is C20H23Cl2NO2. The molecule has 0 aliphatic rings. The second-order valence-corrected chi connectivity index (χ2v) is 6.90. The first-order valence-corrected chi connectivity index (χ1v) is 9.08. The van der Waals surface area contributed by atoms with E-state index < -0.39 is 6.10 Å². The Morgan fingerprint density at radius 1 is 1.16 bits per heavy atom. The molecule has 1 N–H and O–H groups in total. The molecular weight excluding hydrogens is 357 g/mol. The van der Waals surface area contributed by atoms with E-state index in [1.54, 1.807) is 6.92 Å². The zero-order valence-electron chi connectivity index (χ0n) is 14.7. The normalized spacial score (nSPS) is 11.9. The van der Waals surface area contributed by atoms with E-state index in [1.165, 1.54) is 0 Å². The van der Waals surface area contributed by atoms with Crippen LogP contribution >= 0.6 is 23.2 Å². The van der Waals surface area contributed by atoms with Gasteiger partial charge in [-0.05, 0) is 68.5 Å². The van der Waals surface area contributed by atoms with Crippen molar-refractivity contribution in [3.05, 3.63) is 63.1 Å². The fraction of sp³-hybridized carbons (Fsp3) is 0.350. The highest BCUT2D eigenvalue weighted by molar-refractivity contribution is 6.32. The highest BCUT2D eigenvalue weighted by Crippen LogP contribution is 2.26. The van der Waals surface area contributed by atoms with E-state index in [2.05, 4.69) is 5.32 Å². The van der Waals surface area contributed by atoms with E-state index in [-0.39, 0.29) is 5.91 Å². The van der Waals surface area contributed by atoms with Crippen molar-refractivity contribution in [2.75, 3.05) is 6.54 Å². The fourth-order valence-corrected chi connectivity index (χ4v) is 2.91. The minimum Gasteiger partial charge on any atom is -0.481 e. The van der Waals surface area contributed by atoms with Crippen molar-refractivity contribution in [3.8, 4) is 5.75 Å². The topological polar surface area (TPSA) is 38.3 Å². The van der Waals surface area contributed by atoms with E-state index in [0.717, 1.165) is 39.6 Å². The number of halogens is 2. The molecule has 2 aromatic rings. The van der Waals surface area contributed by atoms with Crippen molar-refractivity contribution < 1.29 is 9.53 Å². The number of carbonyl (C=O) groups excluding carboxylic acids is 1. The molecule has 0 aromatic heterocycles. The smallest absolute Gasteiger partial charge is 0.260 e. The Bertz CT molecular complexity index is 723. The van der Waals surface area contributed by atoms with Gasteiger partial charge in [0, 0.05) is 16.6 Å². The van der Waals surface area contributed by atoms with Crippen LogP contribution < -0.4 is 10.1 Å². The van der Waals surface area contributed by atoms with Gasteiger partial charge in [0.2, 0.25) is 0 Å². The minimum absolute atomic E-state index is 0.135. The Labute approximate surface area is 159 Å². The van der Waals surface area contributed by atoms with E-state index in [9.17, 15) is 4.79 Å². The van der Waals surface area contributed by atoms with Crippen LogP contribution in [0.15, 0.2) is 36.4 Å². The maximum absolute atomic E-state index is 12.2. The van der Waals surface area contributed by atoms with Crippen LogP contribution in [0.4, 0.5) is 0 Å². The third-order valence-electron chi connectivity index (χ3n) is 3.97. The van der Waals surface area contributed by atoms with Gasteiger partial charge in [-0.15, -0.1) is 0 Å². The number of rotatable bonds is 7. The molecule has 0 saturated carbocycles. The predicted molar refractivity (Wildman–Crippen MR) is 104 cm³/mol. The van der Waals surface area contributed by atoms with E-state index >= 15 is 0 Å². The standard InChI is InChI=1S/C20H23Cl2NO2/c1-13-11-17(12-14(2)19(13)22)25-15(3)20(24)23-10-6-8-16-7-4-5-9-18(16)21/h4-5,7,9,11-12,15H,6,8,10H2,1-3H3,(H,23,24). The lowest BCUT2D eigenvalue weighted by Gasteiger charge is -2.16. The Morgan fingerprint density at radius 3 is 2.44 bits per heavy atom. The number of hydrogen-bond donors (Lipinski definition) is 1. The summed E-state index contributed by atoms with van der Waals surface area (Å²) in [6, 6.07) is 11.4. The van der Waals surface area contributed by atoms with Gasteiger partial charge in [-0.2, -0.15) is 0 Å². The monoisotopic (exact) mass is 379 g/mol. The Kier molecular flexibility index (Phi) is 7.15. The summed E-state index contributed by atoms with van der Waals surface area (Å²) in [6.45, 7) is 6.16. The number of hydrogen-bond acceptors (Lipinski definition) is 2. The lowest BCUT2D eigenvalue weighted by Crippen LogP contribution is -2.37. The first kappa shape index (κ1) is 19.6. The second-order valence-electron chi connectivity index (χ2n) is 6.12. The second kappa shape index (κ2) is 9.12. The maximum atomic E-state index is 12.2. The SMILES string of the molecule is Cc1cc(OC(C)C(=O)NCCCc2ccccc2Cl)cc(C)c1Cl. The van der Waals surface area contributed by atoms with Gasteiger partial charge < -0.3 is 10.1 Å². The molecule has 0 spiro atoms. The lowest BCUT2D eigenvalue weighted by molar-refractivity contribution is -0.127. The van der Waals surface area contributed by atoms with Gasteiger partial charge >= 0.3 is 0 Å². The van der Waals surface area contributed by atoms with Crippen LogP contribution in [-0.2, 0) is 11.2 Å². The molecule has 0 radical (unpaired) electrons. The number of ether oxygens (including phenoxy) is 1. The highest BCUT2D eigenvalue weighted by atomic mass is 35.5. The van der Waals surface area contributed by atoms with Crippen LogP contribution in [0.2, 0.25) is 10.0 Å². The van der Waals surface area contributed by atoms with Gasteiger partial charge in [0.25, 0.3) is 5.91 Å². The molecule has 0 heterocycles. The number of nitrogens with one attached hydrogen (secondary N) is 1. The van der Waals surface area contributed by atoms with Crippen LogP contribution in [0.25, 0.3) is 0 Å². The van der Waals surface area contributed by atoms with Crippen molar-refractivity contribution in [2.45, 2.75) is 39.7 Å². The molecule has 134 valence electrons. The molecule has 25 heavy (non-hydrogen) atoms. The van der Waals surface area contributed by atoms with E-state index in [1.807, 2.05) is 50.2 Å². The van der Waals surface area contributed by atoms with E-state index in [0.29, 0.717) is 12.3 Å². The summed E-state index contributed by atoms with van der Waals surface area (Å²) in [6.07, 6.45) is 1.08. The van der Waals surface area contributed by atoms with Crippen LogP contribution in [0.3, 0.4) is 0 Å². The van der Waals surface area contributed by atoms with Crippen LogP contribution in [-0.4, -0.2) is 18.6 Å². The summed E-state index contributed by atoms with van der Waals surface area (Å²) in [4.78, 5) is 12.2. The summed E-state index contributed by atoms with van der Waals surface area (Å²) in [5.41, 5.74) is 2.96. The van der Waals surface area contributed by atoms with Crippen molar-refractivity contribution >= 4 is 29.1 Å². The molecule has 3 nitrogen and oxygen atoms in total. The summed E-state index contributed by atoms with van der Waals surface area (Å²) in [5, 5.41) is 4.39. The Balaban J connectivity index is 1.79. The number of carbonyl (C=O) groups is 1. The minimum atomic E-state index is -0.569. The van der Waals surface area contributed by atoms with Gasteiger partial charge in [0.05, 0.1) is 0 Å². The molecule has 2 aromatic carbocycles. The quantitative estimate of drug-likeness (QED) is 0.677. The van der Waals surface area contributed by atoms with Crippen molar-refractivity contribution in [2.24, 2.45) is 0 Å². The molecule has 5 heteroatoms. The Hall–Kier alpha value is -1.71. The first-order chi connectivity index (χ1) is 11.9. The van der Waals surface area contributed by atoms with E-state index in [4.69, 9.17) is 27.9 Å². The molecule has 0 fully saturated rings. The number of amides is 1. The fourth-order valence-electron chi connectivity index (χ4n) is 2.57. The van der Waals surface area contributed by atoms with Crippen LogP contribution in [0.1, 0.15) is 30.0 Å². The highest BCUT2D eigenvalue weighted by Gasteiger charge is 2.15. The maximum Gasteiger partial charge on any atom is 0.260 e. The zero-order chi connectivity index (χ0) is 18.4. The predicted octanol–water partition coefficient (Wildman–Crippen LogP) is 5.13. The molecule has 0 saturated heterocycles. The van der Waals surface area contributed by atoms with Gasteiger partial charge in [-0.3, -0.25) is 4.79 Å². The van der Waals surface area contributed by atoms with Gasteiger partial charge in [-0.1, -0.05) is 41.4 Å². The van der Waals surface area contributed by atoms with Gasteiger partial charge in [0.1, 0.15) is 5.75 Å². The number of aryl methyl sites for hydroxylation is 3. The van der Waals surface area contributed by atoms with Crippen molar-refractivity contribution in [1.29, 1.82) is 0 Å².